The molecular weight excluding hydrogens is 334 g/mol. The highest BCUT2D eigenvalue weighted by Crippen LogP contribution is 2.29. The molecule has 2 aromatic rings. The van der Waals surface area contributed by atoms with E-state index in [-0.39, 0.29) is 23.0 Å². The lowest BCUT2D eigenvalue weighted by molar-refractivity contribution is -0.115. The van der Waals surface area contributed by atoms with Gasteiger partial charge in [0.15, 0.2) is 21.3 Å². The van der Waals surface area contributed by atoms with Gasteiger partial charge in [0.2, 0.25) is 11.9 Å². The molecule has 0 unspecified atom stereocenters. The van der Waals surface area contributed by atoms with E-state index in [2.05, 4.69) is 15.3 Å². The van der Waals surface area contributed by atoms with Gasteiger partial charge in [-0.3, -0.25) is 10.1 Å². The molecule has 0 saturated carbocycles. The van der Waals surface area contributed by atoms with Gasteiger partial charge in [0.05, 0.1) is 24.9 Å². The topological polar surface area (TPSA) is 107 Å². The zero-order valence-corrected chi connectivity index (χ0v) is 14.0. The van der Waals surface area contributed by atoms with E-state index in [9.17, 15) is 13.2 Å². The van der Waals surface area contributed by atoms with Gasteiger partial charge in [-0.1, -0.05) is 0 Å². The van der Waals surface area contributed by atoms with Gasteiger partial charge >= 0.3 is 0 Å². The molecule has 9 heteroatoms. The lowest BCUT2D eigenvalue weighted by atomic mass is 10.3. The quantitative estimate of drug-likeness (QED) is 0.801. The van der Waals surface area contributed by atoms with E-state index in [1.807, 2.05) is 0 Å². The van der Waals surface area contributed by atoms with Crippen LogP contribution in [0.3, 0.4) is 0 Å². The number of benzene rings is 1. The summed E-state index contributed by atoms with van der Waals surface area (Å²) in [4.78, 5) is 19.6. The van der Waals surface area contributed by atoms with Crippen molar-refractivity contribution >= 4 is 21.7 Å². The summed E-state index contributed by atoms with van der Waals surface area (Å²) in [5.74, 6) is 0.0358. The van der Waals surface area contributed by atoms with Crippen LogP contribution in [0.1, 0.15) is 6.42 Å². The Hall–Kier alpha value is -2.68. The molecule has 1 heterocycles. The molecule has 1 aromatic heterocycles. The van der Waals surface area contributed by atoms with Crippen LogP contribution < -0.4 is 14.8 Å². The van der Waals surface area contributed by atoms with Gasteiger partial charge in [0.1, 0.15) is 0 Å². The summed E-state index contributed by atoms with van der Waals surface area (Å²) in [5.41, 5.74) is 0. The van der Waals surface area contributed by atoms with Crippen molar-refractivity contribution < 1.29 is 22.7 Å². The number of hydrogen-bond donors (Lipinski definition) is 1. The van der Waals surface area contributed by atoms with E-state index in [1.54, 1.807) is 6.07 Å². The van der Waals surface area contributed by atoms with Crippen molar-refractivity contribution in [3.63, 3.8) is 0 Å². The Bertz CT molecular complexity index is 809. The van der Waals surface area contributed by atoms with Crippen molar-refractivity contribution in [2.45, 2.75) is 11.3 Å². The Morgan fingerprint density at radius 3 is 2.42 bits per heavy atom. The fourth-order valence-electron chi connectivity index (χ4n) is 1.91. The number of anilines is 1. The molecular formula is C15H17N3O5S. The standard InChI is InChI=1S/C15H17N3O5S/c1-22-12-5-4-11(10-13(12)23-2)24(20,21)9-6-14(19)18-15-16-7-3-8-17-15/h3-5,7-8,10H,6,9H2,1-2H3,(H,16,17,18,19). The van der Waals surface area contributed by atoms with Crippen LogP contribution in [-0.2, 0) is 14.6 Å². The van der Waals surface area contributed by atoms with E-state index in [0.717, 1.165) is 0 Å². The maximum Gasteiger partial charge on any atom is 0.229 e. The molecule has 0 aliphatic rings. The van der Waals surface area contributed by atoms with E-state index in [0.29, 0.717) is 11.5 Å². The second-order valence-corrected chi connectivity index (χ2v) is 6.82. The number of carbonyl (C=O) groups excluding carboxylic acids is 1. The van der Waals surface area contributed by atoms with Gasteiger partial charge in [-0.15, -0.1) is 0 Å². The van der Waals surface area contributed by atoms with Crippen molar-refractivity contribution in [1.29, 1.82) is 0 Å². The van der Waals surface area contributed by atoms with E-state index in [1.165, 1.54) is 44.8 Å². The van der Waals surface area contributed by atoms with Crippen LogP contribution in [-0.4, -0.2) is 44.3 Å². The van der Waals surface area contributed by atoms with Crippen LogP contribution in [0.5, 0.6) is 11.5 Å². The summed E-state index contributed by atoms with van der Waals surface area (Å²) >= 11 is 0. The van der Waals surface area contributed by atoms with Gasteiger partial charge < -0.3 is 9.47 Å². The number of rotatable bonds is 7. The molecule has 0 spiro atoms. The third-order valence-corrected chi connectivity index (χ3v) is 4.84. The third kappa shape index (κ3) is 4.42. The van der Waals surface area contributed by atoms with Gasteiger partial charge in [0, 0.05) is 24.9 Å². The van der Waals surface area contributed by atoms with Crippen LogP contribution in [0.25, 0.3) is 0 Å². The predicted molar refractivity (Wildman–Crippen MR) is 86.9 cm³/mol. The molecule has 0 atom stereocenters. The fraction of sp³-hybridized carbons (Fsp3) is 0.267. The van der Waals surface area contributed by atoms with Gasteiger partial charge in [-0.05, 0) is 18.2 Å². The molecule has 1 aromatic carbocycles. The Kier molecular flexibility index (Phi) is 5.69. The first-order valence-electron chi connectivity index (χ1n) is 6.98. The zero-order chi connectivity index (χ0) is 17.6. The summed E-state index contributed by atoms with van der Waals surface area (Å²) in [6.45, 7) is 0. The number of hydrogen-bond acceptors (Lipinski definition) is 7. The average molecular weight is 351 g/mol. The van der Waals surface area contributed by atoms with E-state index in [4.69, 9.17) is 9.47 Å². The number of methoxy groups -OCH3 is 2. The minimum absolute atomic E-state index is 0.0592. The normalized spacial score (nSPS) is 10.9. The highest BCUT2D eigenvalue weighted by molar-refractivity contribution is 7.91. The molecule has 0 aliphatic heterocycles. The van der Waals surface area contributed by atoms with Crippen LogP contribution in [0.15, 0.2) is 41.6 Å². The zero-order valence-electron chi connectivity index (χ0n) is 13.2. The molecule has 0 radical (unpaired) electrons. The Labute approximate surface area is 139 Å². The first kappa shape index (κ1) is 17.7. The van der Waals surface area contributed by atoms with Crippen molar-refractivity contribution in [3.8, 4) is 11.5 Å². The summed E-state index contributed by atoms with van der Waals surface area (Å²) < 4.78 is 34.9. The summed E-state index contributed by atoms with van der Waals surface area (Å²) in [5, 5.41) is 2.44. The largest absolute Gasteiger partial charge is 0.493 e. The predicted octanol–water partition coefficient (Wildman–Crippen LogP) is 1.30. The first-order chi connectivity index (χ1) is 11.5. The SMILES string of the molecule is COc1ccc(S(=O)(=O)CCC(=O)Nc2ncccn2)cc1OC. The van der Waals surface area contributed by atoms with Crippen molar-refractivity contribution in [3.05, 3.63) is 36.7 Å². The number of sulfone groups is 1. The van der Waals surface area contributed by atoms with Crippen LogP contribution in [0, 0.1) is 0 Å². The van der Waals surface area contributed by atoms with E-state index >= 15 is 0 Å². The van der Waals surface area contributed by atoms with E-state index < -0.39 is 15.7 Å². The molecule has 128 valence electrons. The fourth-order valence-corrected chi connectivity index (χ4v) is 3.16. The molecule has 1 amide bonds. The molecule has 1 N–H and O–H groups in total. The smallest absolute Gasteiger partial charge is 0.229 e. The monoisotopic (exact) mass is 351 g/mol. The lowest BCUT2D eigenvalue weighted by Crippen LogP contribution is -2.18. The maximum atomic E-state index is 12.3. The van der Waals surface area contributed by atoms with Gasteiger partial charge in [-0.2, -0.15) is 0 Å². The van der Waals surface area contributed by atoms with Gasteiger partial charge in [-0.25, -0.2) is 18.4 Å². The second kappa shape index (κ2) is 7.73. The minimum Gasteiger partial charge on any atom is -0.493 e. The highest BCUT2D eigenvalue weighted by atomic mass is 32.2. The maximum absolute atomic E-state index is 12.3. The molecule has 8 nitrogen and oxygen atoms in total. The molecule has 0 bridgehead atoms. The Morgan fingerprint density at radius 1 is 1.12 bits per heavy atom. The van der Waals surface area contributed by atoms with Crippen LogP contribution in [0.4, 0.5) is 5.95 Å². The summed E-state index contributed by atoms with van der Waals surface area (Å²) in [6.07, 6.45) is 2.74. The first-order valence-corrected chi connectivity index (χ1v) is 8.63. The molecule has 2 rings (SSSR count). The van der Waals surface area contributed by atoms with Crippen LogP contribution in [0.2, 0.25) is 0 Å². The second-order valence-electron chi connectivity index (χ2n) is 4.71. The van der Waals surface area contributed by atoms with Crippen LogP contribution >= 0.6 is 0 Å². The summed E-state index contributed by atoms with van der Waals surface area (Å²) in [6, 6.07) is 5.89. The van der Waals surface area contributed by atoms with Crippen molar-refractivity contribution in [2.75, 3.05) is 25.3 Å². The Morgan fingerprint density at radius 2 is 1.79 bits per heavy atom. The molecule has 0 fully saturated rings. The molecule has 0 aliphatic carbocycles. The lowest BCUT2D eigenvalue weighted by Gasteiger charge is -2.10. The number of ether oxygens (including phenoxy) is 2. The third-order valence-electron chi connectivity index (χ3n) is 3.13. The number of carbonyl (C=O) groups is 1. The molecule has 0 saturated heterocycles. The molecule has 24 heavy (non-hydrogen) atoms. The van der Waals surface area contributed by atoms with Gasteiger partial charge in [0.25, 0.3) is 0 Å². The number of amides is 1. The number of aromatic nitrogens is 2. The summed E-state index contributed by atoms with van der Waals surface area (Å²) in [7, 11) is -0.764. The van der Waals surface area contributed by atoms with Crippen molar-refractivity contribution in [1.82, 2.24) is 9.97 Å². The Balaban J connectivity index is 2.04. The van der Waals surface area contributed by atoms with Crippen molar-refractivity contribution in [2.24, 2.45) is 0 Å². The minimum atomic E-state index is -3.64. The number of nitrogens with one attached hydrogen (secondary N) is 1. The highest BCUT2D eigenvalue weighted by Gasteiger charge is 2.19. The average Bonchev–Trinajstić information content (AvgIpc) is 2.60. The number of nitrogens with zero attached hydrogens (tertiary/aromatic N) is 2.